The van der Waals surface area contributed by atoms with Crippen molar-refractivity contribution in [2.45, 2.75) is 83.3 Å². The summed E-state index contributed by atoms with van der Waals surface area (Å²) in [6.45, 7) is 2.24. The highest BCUT2D eigenvalue weighted by molar-refractivity contribution is 5.80. The lowest BCUT2D eigenvalue weighted by Crippen LogP contribution is -1.94. The van der Waals surface area contributed by atoms with Gasteiger partial charge in [0.2, 0.25) is 0 Å². The van der Waals surface area contributed by atoms with Crippen molar-refractivity contribution < 1.29 is 14.6 Å². The first-order chi connectivity index (χ1) is 10.2. The van der Waals surface area contributed by atoms with Crippen LogP contribution in [-0.4, -0.2) is 23.3 Å². The van der Waals surface area contributed by atoms with Crippen molar-refractivity contribution in [3.05, 3.63) is 24.3 Å². The second-order valence-electron chi connectivity index (χ2n) is 5.83. The van der Waals surface area contributed by atoms with E-state index in [0.717, 1.165) is 12.5 Å². The number of ether oxygens (including phenoxy) is 1. The first kappa shape index (κ1) is 18.0. The zero-order valence-electron chi connectivity index (χ0n) is 13.3. The minimum atomic E-state index is -0.894. The summed E-state index contributed by atoms with van der Waals surface area (Å²) in [5.74, 6) is -0.894. The van der Waals surface area contributed by atoms with E-state index in [2.05, 4.69) is 6.92 Å². The second-order valence-corrected chi connectivity index (χ2v) is 5.83. The Bertz CT molecular complexity index is 333. The van der Waals surface area contributed by atoms with Crippen LogP contribution in [0, 0.1) is 0 Å². The van der Waals surface area contributed by atoms with Crippen LogP contribution in [0.15, 0.2) is 24.3 Å². The maximum Gasteiger partial charge on any atom is 0.328 e. The molecule has 0 aromatic carbocycles. The lowest BCUT2D eigenvalue weighted by atomic mass is 10.1. The van der Waals surface area contributed by atoms with Gasteiger partial charge in [-0.25, -0.2) is 4.79 Å². The monoisotopic (exact) mass is 294 g/mol. The molecule has 0 aromatic rings. The molecule has 3 nitrogen and oxygen atoms in total. The van der Waals surface area contributed by atoms with Gasteiger partial charge < -0.3 is 9.84 Å². The Hall–Kier alpha value is -1.09. The highest BCUT2D eigenvalue weighted by Gasteiger charge is 2.36. The molecule has 1 aliphatic rings. The summed E-state index contributed by atoms with van der Waals surface area (Å²) in [7, 11) is 0. The maximum atomic E-state index is 10.2. The summed E-state index contributed by atoms with van der Waals surface area (Å²) in [5, 5.41) is 8.41. The molecular weight excluding hydrogens is 264 g/mol. The van der Waals surface area contributed by atoms with Gasteiger partial charge in [-0.1, -0.05) is 63.7 Å². The van der Waals surface area contributed by atoms with Crippen molar-refractivity contribution in [3.8, 4) is 0 Å². The Labute approximate surface area is 129 Å². The van der Waals surface area contributed by atoms with Gasteiger partial charge in [-0.3, -0.25) is 0 Å². The van der Waals surface area contributed by atoms with Crippen LogP contribution in [0.25, 0.3) is 0 Å². The van der Waals surface area contributed by atoms with Gasteiger partial charge in [0.1, 0.15) is 0 Å². The van der Waals surface area contributed by atoms with E-state index in [-0.39, 0.29) is 0 Å². The molecule has 120 valence electrons. The average molecular weight is 294 g/mol. The highest BCUT2D eigenvalue weighted by atomic mass is 16.6. The minimum Gasteiger partial charge on any atom is -0.478 e. The van der Waals surface area contributed by atoms with Crippen molar-refractivity contribution in [2.24, 2.45) is 0 Å². The predicted octanol–water partition coefficient (Wildman–Crippen LogP) is 4.87. The Morgan fingerprint density at radius 2 is 1.67 bits per heavy atom. The van der Waals surface area contributed by atoms with E-state index in [1.807, 2.05) is 12.2 Å². The van der Waals surface area contributed by atoms with E-state index in [4.69, 9.17) is 9.84 Å². The number of allylic oxidation sites excluding steroid dienone is 3. The molecule has 1 fully saturated rings. The third-order valence-electron chi connectivity index (χ3n) is 3.88. The first-order valence-corrected chi connectivity index (χ1v) is 8.45. The fourth-order valence-electron chi connectivity index (χ4n) is 2.56. The average Bonchev–Trinajstić information content (AvgIpc) is 3.19. The Morgan fingerprint density at radius 1 is 1.00 bits per heavy atom. The molecular formula is C18H30O3. The van der Waals surface area contributed by atoms with E-state index < -0.39 is 5.97 Å². The Balaban J connectivity index is 1.82. The fraction of sp³-hybridized carbons (Fsp3) is 0.722. The van der Waals surface area contributed by atoms with Gasteiger partial charge in [0, 0.05) is 6.08 Å². The molecule has 0 aliphatic carbocycles. The Kier molecular flexibility index (Phi) is 9.88. The van der Waals surface area contributed by atoms with Crippen LogP contribution < -0.4 is 0 Å². The first-order valence-electron chi connectivity index (χ1n) is 8.45. The SMILES string of the molecule is CCCCC[C@H]1O[C@H]1CCCCCC/C=C/C=C/C(=O)O. The largest absolute Gasteiger partial charge is 0.478 e. The molecule has 0 amide bonds. The third-order valence-corrected chi connectivity index (χ3v) is 3.88. The molecule has 1 rings (SSSR count). The standard InChI is InChI=1S/C18H30O3/c1-2-3-10-13-16-17(21-16)14-11-8-6-4-5-7-9-12-15-18(19)20/h7,9,12,15-17H,2-6,8,10-11,13-14H2,1H3,(H,19,20)/b9-7+,15-12+/t16-,17+/m1/s1. The van der Waals surface area contributed by atoms with Crippen molar-refractivity contribution in [2.75, 3.05) is 0 Å². The predicted molar refractivity (Wildman–Crippen MR) is 86.4 cm³/mol. The maximum absolute atomic E-state index is 10.2. The molecule has 0 radical (unpaired) electrons. The zero-order valence-corrected chi connectivity index (χ0v) is 13.3. The number of hydrogen-bond acceptors (Lipinski definition) is 2. The van der Waals surface area contributed by atoms with Crippen molar-refractivity contribution in [3.63, 3.8) is 0 Å². The van der Waals surface area contributed by atoms with E-state index in [1.54, 1.807) is 6.08 Å². The smallest absolute Gasteiger partial charge is 0.328 e. The summed E-state index contributed by atoms with van der Waals surface area (Å²) in [5.41, 5.74) is 0. The van der Waals surface area contributed by atoms with Gasteiger partial charge in [0.15, 0.2) is 0 Å². The molecule has 0 bridgehead atoms. The Morgan fingerprint density at radius 3 is 2.33 bits per heavy atom. The lowest BCUT2D eigenvalue weighted by molar-refractivity contribution is -0.131. The number of rotatable bonds is 13. The van der Waals surface area contributed by atoms with E-state index in [1.165, 1.54) is 57.8 Å². The van der Waals surface area contributed by atoms with Crippen LogP contribution >= 0.6 is 0 Å². The number of carbonyl (C=O) groups is 1. The van der Waals surface area contributed by atoms with Crippen molar-refractivity contribution in [1.82, 2.24) is 0 Å². The molecule has 1 aliphatic heterocycles. The zero-order chi connectivity index (χ0) is 15.3. The molecule has 0 aromatic heterocycles. The topological polar surface area (TPSA) is 49.8 Å². The van der Waals surface area contributed by atoms with E-state index in [0.29, 0.717) is 12.2 Å². The van der Waals surface area contributed by atoms with Crippen LogP contribution in [0.1, 0.15) is 71.1 Å². The molecule has 2 atom stereocenters. The molecule has 0 spiro atoms. The van der Waals surface area contributed by atoms with E-state index in [9.17, 15) is 4.79 Å². The fourth-order valence-corrected chi connectivity index (χ4v) is 2.56. The summed E-state index contributed by atoms with van der Waals surface area (Å²) in [4.78, 5) is 10.2. The minimum absolute atomic E-state index is 0.558. The number of epoxide rings is 1. The summed E-state index contributed by atoms with van der Waals surface area (Å²) in [6.07, 6.45) is 20.2. The van der Waals surface area contributed by atoms with Crippen LogP contribution in [0.2, 0.25) is 0 Å². The summed E-state index contributed by atoms with van der Waals surface area (Å²) < 4.78 is 5.69. The van der Waals surface area contributed by atoms with Gasteiger partial charge in [-0.05, 0) is 25.7 Å². The van der Waals surface area contributed by atoms with Gasteiger partial charge in [0.25, 0.3) is 0 Å². The second kappa shape index (κ2) is 11.6. The third kappa shape index (κ3) is 10.3. The van der Waals surface area contributed by atoms with Crippen molar-refractivity contribution in [1.29, 1.82) is 0 Å². The summed E-state index contributed by atoms with van der Waals surface area (Å²) in [6, 6.07) is 0. The van der Waals surface area contributed by atoms with Crippen LogP contribution in [0.4, 0.5) is 0 Å². The number of carboxylic acids is 1. The van der Waals surface area contributed by atoms with Gasteiger partial charge in [-0.15, -0.1) is 0 Å². The van der Waals surface area contributed by atoms with Gasteiger partial charge in [0.05, 0.1) is 12.2 Å². The van der Waals surface area contributed by atoms with Crippen LogP contribution in [0.5, 0.6) is 0 Å². The molecule has 3 heteroatoms. The quantitative estimate of drug-likeness (QED) is 0.228. The number of aliphatic carboxylic acids is 1. The number of carboxylic acid groups (broad SMARTS) is 1. The molecule has 1 saturated heterocycles. The van der Waals surface area contributed by atoms with Crippen molar-refractivity contribution >= 4 is 5.97 Å². The highest BCUT2D eigenvalue weighted by Crippen LogP contribution is 2.31. The van der Waals surface area contributed by atoms with Gasteiger partial charge >= 0.3 is 5.97 Å². The molecule has 21 heavy (non-hydrogen) atoms. The molecule has 0 saturated carbocycles. The lowest BCUT2D eigenvalue weighted by Gasteiger charge is -1.98. The normalized spacial score (nSPS) is 21.4. The molecule has 1 N–H and O–H groups in total. The number of unbranched alkanes of at least 4 members (excludes halogenated alkanes) is 6. The summed E-state index contributed by atoms with van der Waals surface area (Å²) >= 11 is 0. The van der Waals surface area contributed by atoms with Crippen LogP contribution in [-0.2, 0) is 9.53 Å². The van der Waals surface area contributed by atoms with E-state index >= 15 is 0 Å². The number of hydrogen-bond donors (Lipinski definition) is 1. The van der Waals surface area contributed by atoms with Crippen LogP contribution in [0.3, 0.4) is 0 Å². The molecule has 0 unspecified atom stereocenters. The molecule has 1 heterocycles. The van der Waals surface area contributed by atoms with Gasteiger partial charge in [-0.2, -0.15) is 0 Å².